The zero-order valence-electron chi connectivity index (χ0n) is 12.3. The van der Waals surface area contributed by atoms with Gasteiger partial charge in [-0.05, 0) is 17.7 Å². The van der Waals surface area contributed by atoms with E-state index in [-0.39, 0.29) is 11.5 Å². The van der Waals surface area contributed by atoms with Crippen molar-refractivity contribution in [1.82, 2.24) is 4.98 Å². The average Bonchev–Trinajstić information content (AvgIpc) is 2.99. The van der Waals surface area contributed by atoms with E-state index >= 15 is 0 Å². The molecule has 0 aliphatic carbocycles. The maximum absolute atomic E-state index is 11.3. The second-order valence-electron chi connectivity index (χ2n) is 5.05. The minimum Gasteiger partial charge on any atom is -0.478 e. The van der Waals surface area contributed by atoms with Gasteiger partial charge in [0, 0.05) is 17.1 Å². The van der Waals surface area contributed by atoms with Crippen LogP contribution in [0.3, 0.4) is 0 Å². The van der Waals surface area contributed by atoms with Gasteiger partial charge in [0.2, 0.25) is 0 Å². The summed E-state index contributed by atoms with van der Waals surface area (Å²) in [5.41, 5.74) is 8.49. The highest BCUT2D eigenvalue weighted by molar-refractivity contribution is 6.11. The van der Waals surface area contributed by atoms with E-state index < -0.39 is 5.97 Å². The number of aliphatic imine (C=N–C) groups is 1. The van der Waals surface area contributed by atoms with Gasteiger partial charge in [-0.3, -0.25) is 0 Å². The Morgan fingerprint density at radius 2 is 1.96 bits per heavy atom. The smallest absolute Gasteiger partial charge is 0.337 e. The van der Waals surface area contributed by atoms with Crippen molar-refractivity contribution in [2.24, 2.45) is 10.7 Å². The number of carbonyl (C=O) groups is 1. The van der Waals surface area contributed by atoms with Gasteiger partial charge in [-0.2, -0.15) is 0 Å². The monoisotopic (exact) mass is 308 g/mol. The molecule has 6 nitrogen and oxygen atoms in total. The van der Waals surface area contributed by atoms with Crippen LogP contribution in [0.25, 0.3) is 10.9 Å². The Hall–Kier alpha value is -3.28. The molecule has 0 saturated carbocycles. The summed E-state index contributed by atoms with van der Waals surface area (Å²) in [6.07, 6.45) is 1.47. The maximum Gasteiger partial charge on any atom is 0.337 e. The second-order valence-corrected chi connectivity index (χ2v) is 5.05. The van der Waals surface area contributed by atoms with Gasteiger partial charge in [-0.15, -0.1) is 0 Å². The lowest BCUT2D eigenvalue weighted by Gasteiger charge is -2.08. The normalized spacial score (nSPS) is 11.6. The zero-order chi connectivity index (χ0) is 16.2. The van der Waals surface area contributed by atoms with Crippen LogP contribution in [0.1, 0.15) is 15.9 Å². The molecule has 2 aromatic carbocycles. The molecule has 6 heteroatoms. The molecule has 5 N–H and O–H groups in total. The Kier molecular flexibility index (Phi) is 3.97. The minimum absolute atomic E-state index is 0.193. The Bertz CT molecular complexity index is 869. The number of benzene rings is 2. The van der Waals surface area contributed by atoms with Gasteiger partial charge in [0.25, 0.3) is 0 Å². The van der Waals surface area contributed by atoms with E-state index in [0.29, 0.717) is 17.6 Å². The molecule has 0 fully saturated rings. The lowest BCUT2D eigenvalue weighted by Crippen LogP contribution is -2.22. The molecule has 0 saturated heterocycles. The quantitative estimate of drug-likeness (QED) is 0.439. The first kappa shape index (κ1) is 14.6. The number of aromatic carboxylic acids is 1. The van der Waals surface area contributed by atoms with Crippen LogP contribution in [0.5, 0.6) is 0 Å². The number of fused-ring (bicyclic) bond motifs is 1. The third kappa shape index (κ3) is 3.16. The van der Waals surface area contributed by atoms with Crippen molar-refractivity contribution >= 4 is 28.5 Å². The molecule has 0 aliphatic heterocycles. The van der Waals surface area contributed by atoms with Gasteiger partial charge in [0.15, 0.2) is 5.96 Å². The van der Waals surface area contributed by atoms with Crippen molar-refractivity contribution in [3.05, 3.63) is 65.9 Å². The summed E-state index contributed by atoms with van der Waals surface area (Å²) in [7, 11) is 0. The number of hydrogen-bond donors (Lipinski definition) is 4. The molecule has 0 amide bonds. The Morgan fingerprint density at radius 1 is 1.17 bits per heavy atom. The number of anilines is 1. The van der Waals surface area contributed by atoms with Crippen LogP contribution in [0, 0.1) is 0 Å². The van der Waals surface area contributed by atoms with Gasteiger partial charge < -0.3 is 21.1 Å². The number of nitrogens with one attached hydrogen (secondary N) is 2. The molecule has 0 atom stereocenters. The Labute approximate surface area is 132 Å². The molecule has 0 unspecified atom stereocenters. The van der Waals surface area contributed by atoms with Crippen molar-refractivity contribution in [2.45, 2.75) is 6.54 Å². The van der Waals surface area contributed by atoms with Crippen LogP contribution < -0.4 is 11.1 Å². The summed E-state index contributed by atoms with van der Waals surface area (Å²) in [6.45, 7) is 0.453. The fourth-order valence-electron chi connectivity index (χ4n) is 2.40. The fraction of sp³-hybridized carbons (Fsp3) is 0.0588. The SMILES string of the molecule is NC(=NCc1ccccc1)Nc1cccc2[nH]cc(C(=O)O)c12. The lowest BCUT2D eigenvalue weighted by molar-refractivity contribution is 0.0699. The van der Waals surface area contributed by atoms with E-state index in [2.05, 4.69) is 15.3 Å². The van der Waals surface area contributed by atoms with Crippen LogP contribution in [-0.4, -0.2) is 22.0 Å². The van der Waals surface area contributed by atoms with Crippen LogP contribution in [0.15, 0.2) is 59.7 Å². The largest absolute Gasteiger partial charge is 0.478 e. The van der Waals surface area contributed by atoms with Crippen molar-refractivity contribution in [1.29, 1.82) is 0 Å². The summed E-state index contributed by atoms with van der Waals surface area (Å²) < 4.78 is 0. The molecule has 0 spiro atoms. The first-order valence-corrected chi connectivity index (χ1v) is 7.09. The number of guanidine groups is 1. The number of H-pyrrole nitrogens is 1. The molecule has 1 heterocycles. The average molecular weight is 308 g/mol. The van der Waals surface area contributed by atoms with Gasteiger partial charge in [-0.1, -0.05) is 36.4 Å². The third-order valence-corrected chi connectivity index (χ3v) is 3.47. The fourth-order valence-corrected chi connectivity index (χ4v) is 2.40. The lowest BCUT2D eigenvalue weighted by atomic mass is 10.1. The van der Waals surface area contributed by atoms with Gasteiger partial charge in [-0.25, -0.2) is 9.79 Å². The number of aromatic amines is 1. The number of hydrogen-bond acceptors (Lipinski definition) is 2. The molecule has 1 aromatic heterocycles. The molecular weight excluding hydrogens is 292 g/mol. The standard InChI is InChI=1S/C17H16N4O2/c18-17(20-9-11-5-2-1-3-6-11)21-14-8-4-7-13-15(14)12(10-19-13)16(22)23/h1-8,10,19H,9H2,(H,22,23)(H3,18,20,21). The summed E-state index contributed by atoms with van der Waals surface area (Å²) in [6, 6.07) is 15.1. The number of nitrogens with two attached hydrogens (primary N) is 1. The predicted molar refractivity (Wildman–Crippen MR) is 90.6 cm³/mol. The highest BCUT2D eigenvalue weighted by atomic mass is 16.4. The topological polar surface area (TPSA) is 103 Å². The molecule has 23 heavy (non-hydrogen) atoms. The molecule has 3 aromatic rings. The summed E-state index contributed by atoms with van der Waals surface area (Å²) >= 11 is 0. The van der Waals surface area contributed by atoms with Crippen molar-refractivity contribution in [2.75, 3.05) is 5.32 Å². The number of rotatable bonds is 4. The first-order chi connectivity index (χ1) is 11.1. The highest BCUT2D eigenvalue weighted by Crippen LogP contribution is 2.26. The summed E-state index contributed by atoms with van der Waals surface area (Å²) in [5, 5.41) is 12.8. The second kappa shape index (κ2) is 6.23. The van der Waals surface area contributed by atoms with E-state index in [1.54, 1.807) is 6.07 Å². The van der Waals surface area contributed by atoms with Crippen molar-refractivity contribution in [3.63, 3.8) is 0 Å². The number of carboxylic acids is 1. The van der Waals surface area contributed by atoms with Crippen molar-refractivity contribution in [3.8, 4) is 0 Å². The van der Waals surface area contributed by atoms with Crippen LogP contribution in [0.4, 0.5) is 5.69 Å². The number of carboxylic acid groups (broad SMARTS) is 1. The zero-order valence-corrected chi connectivity index (χ0v) is 12.3. The van der Waals surface area contributed by atoms with Gasteiger partial charge in [0.05, 0.1) is 17.8 Å². The first-order valence-electron chi connectivity index (χ1n) is 7.09. The highest BCUT2D eigenvalue weighted by Gasteiger charge is 2.14. The van der Waals surface area contributed by atoms with E-state index in [9.17, 15) is 9.90 Å². The number of aromatic nitrogens is 1. The minimum atomic E-state index is -0.995. The maximum atomic E-state index is 11.3. The van der Waals surface area contributed by atoms with E-state index in [1.807, 2.05) is 42.5 Å². The van der Waals surface area contributed by atoms with Crippen molar-refractivity contribution < 1.29 is 9.90 Å². The van der Waals surface area contributed by atoms with E-state index in [1.165, 1.54) is 6.20 Å². The number of nitrogens with zero attached hydrogens (tertiary/aromatic N) is 1. The summed E-state index contributed by atoms with van der Waals surface area (Å²) in [4.78, 5) is 18.5. The Balaban J connectivity index is 1.86. The van der Waals surface area contributed by atoms with E-state index in [0.717, 1.165) is 11.1 Å². The molecule has 0 bridgehead atoms. The van der Waals surface area contributed by atoms with E-state index in [4.69, 9.17) is 5.73 Å². The molecular formula is C17H16N4O2. The molecule has 0 radical (unpaired) electrons. The third-order valence-electron chi connectivity index (χ3n) is 3.47. The van der Waals surface area contributed by atoms with Crippen LogP contribution in [0.2, 0.25) is 0 Å². The van der Waals surface area contributed by atoms with Crippen LogP contribution >= 0.6 is 0 Å². The molecule has 116 valence electrons. The van der Waals surface area contributed by atoms with Gasteiger partial charge in [0.1, 0.15) is 0 Å². The molecule has 3 rings (SSSR count). The summed E-state index contributed by atoms with van der Waals surface area (Å²) in [5.74, 6) is -0.760. The van der Waals surface area contributed by atoms with Crippen LogP contribution in [-0.2, 0) is 6.54 Å². The predicted octanol–water partition coefficient (Wildman–Crippen LogP) is 2.79. The Morgan fingerprint density at radius 3 is 2.70 bits per heavy atom. The van der Waals surface area contributed by atoms with Gasteiger partial charge >= 0.3 is 5.97 Å². The molecule has 0 aliphatic rings.